The van der Waals surface area contributed by atoms with Crippen LogP contribution in [-0.4, -0.2) is 47.8 Å². The average molecular weight is 503 g/mol. The standard InChI is InChI=1S/C24H21ClF2N4O4/c1-14(32)31(13-22(26)27)20-7-4-16(10-18(20)24(34)35-2)19-6-5-17(12-28-19)30-23(33)9-15-3-8-21(25)29-11-15/h3-8,10-12,22H,9,13H2,1-2H3,(H,30,33). The van der Waals surface area contributed by atoms with Crippen molar-refractivity contribution in [2.24, 2.45) is 0 Å². The number of carbonyl (C=O) groups is 3. The van der Waals surface area contributed by atoms with Crippen LogP contribution in [0.25, 0.3) is 11.3 Å². The maximum Gasteiger partial charge on any atom is 0.340 e. The van der Waals surface area contributed by atoms with Crippen LogP contribution in [-0.2, 0) is 20.7 Å². The van der Waals surface area contributed by atoms with E-state index >= 15 is 0 Å². The molecule has 0 aliphatic rings. The number of pyridine rings is 2. The lowest BCUT2D eigenvalue weighted by Gasteiger charge is -2.23. The number of methoxy groups -OCH3 is 1. The first-order chi connectivity index (χ1) is 16.7. The second-order valence-electron chi connectivity index (χ2n) is 7.39. The van der Waals surface area contributed by atoms with Gasteiger partial charge >= 0.3 is 5.97 Å². The van der Waals surface area contributed by atoms with Crippen LogP contribution in [0.3, 0.4) is 0 Å². The van der Waals surface area contributed by atoms with Gasteiger partial charge in [0.15, 0.2) is 0 Å². The molecule has 2 aromatic heterocycles. The molecule has 0 atom stereocenters. The Balaban J connectivity index is 1.81. The van der Waals surface area contributed by atoms with Gasteiger partial charge in [0.25, 0.3) is 6.43 Å². The highest BCUT2D eigenvalue weighted by Crippen LogP contribution is 2.29. The summed E-state index contributed by atoms with van der Waals surface area (Å²) in [7, 11) is 1.15. The number of rotatable bonds is 8. The van der Waals surface area contributed by atoms with Gasteiger partial charge < -0.3 is 15.0 Å². The van der Waals surface area contributed by atoms with Crippen molar-refractivity contribution >= 4 is 40.8 Å². The summed E-state index contributed by atoms with van der Waals surface area (Å²) in [6.07, 6.45) is 0.267. The summed E-state index contributed by atoms with van der Waals surface area (Å²) in [5.41, 5.74) is 2.03. The molecule has 0 fully saturated rings. The van der Waals surface area contributed by atoms with Crippen LogP contribution in [0.5, 0.6) is 0 Å². The molecular formula is C24H21ClF2N4O4. The number of benzene rings is 1. The molecule has 8 nitrogen and oxygen atoms in total. The number of hydrogen-bond donors (Lipinski definition) is 1. The molecule has 0 bridgehead atoms. The third-order valence-corrected chi connectivity index (χ3v) is 5.11. The van der Waals surface area contributed by atoms with Gasteiger partial charge in [0.2, 0.25) is 11.8 Å². The molecule has 0 saturated carbocycles. The Morgan fingerprint density at radius 1 is 1.09 bits per heavy atom. The Hall–Kier alpha value is -3.92. The number of ether oxygens (including phenoxy) is 1. The molecule has 0 unspecified atom stereocenters. The minimum atomic E-state index is -2.79. The lowest BCUT2D eigenvalue weighted by atomic mass is 10.0. The first kappa shape index (κ1) is 25.7. The van der Waals surface area contributed by atoms with Crippen molar-refractivity contribution in [2.45, 2.75) is 19.8 Å². The molecule has 0 spiro atoms. The van der Waals surface area contributed by atoms with Crippen LogP contribution in [0, 0.1) is 0 Å². The fourth-order valence-electron chi connectivity index (χ4n) is 3.28. The predicted octanol–water partition coefficient (Wildman–Crippen LogP) is 4.38. The minimum absolute atomic E-state index is 0.00831. The third kappa shape index (κ3) is 6.80. The van der Waals surface area contributed by atoms with E-state index < -0.39 is 24.8 Å². The third-order valence-electron chi connectivity index (χ3n) is 4.89. The number of anilines is 2. The van der Waals surface area contributed by atoms with Crippen molar-refractivity contribution in [2.75, 3.05) is 23.9 Å². The Morgan fingerprint density at radius 2 is 1.86 bits per heavy atom. The van der Waals surface area contributed by atoms with Crippen LogP contribution >= 0.6 is 11.6 Å². The molecule has 2 amide bonds. The molecule has 11 heteroatoms. The average Bonchev–Trinajstić information content (AvgIpc) is 2.83. The first-order valence-electron chi connectivity index (χ1n) is 10.3. The lowest BCUT2D eigenvalue weighted by molar-refractivity contribution is -0.117. The molecule has 182 valence electrons. The summed E-state index contributed by atoms with van der Waals surface area (Å²) in [6.45, 7) is 0.271. The SMILES string of the molecule is COC(=O)c1cc(-c2ccc(NC(=O)Cc3ccc(Cl)nc3)cn2)ccc1N(CC(F)F)C(C)=O. The second-order valence-corrected chi connectivity index (χ2v) is 7.78. The van der Waals surface area contributed by atoms with Crippen LogP contribution in [0.15, 0.2) is 54.9 Å². The van der Waals surface area contributed by atoms with Gasteiger partial charge in [-0.1, -0.05) is 23.7 Å². The zero-order valence-electron chi connectivity index (χ0n) is 18.8. The van der Waals surface area contributed by atoms with Crippen molar-refractivity contribution in [3.05, 3.63) is 71.1 Å². The molecule has 35 heavy (non-hydrogen) atoms. The minimum Gasteiger partial charge on any atom is -0.465 e. The van der Waals surface area contributed by atoms with Gasteiger partial charge in [0.05, 0.1) is 48.9 Å². The fourth-order valence-corrected chi connectivity index (χ4v) is 3.39. The van der Waals surface area contributed by atoms with Crippen molar-refractivity contribution in [1.29, 1.82) is 0 Å². The largest absolute Gasteiger partial charge is 0.465 e. The normalized spacial score (nSPS) is 10.7. The van der Waals surface area contributed by atoms with Gasteiger partial charge in [-0.25, -0.2) is 18.6 Å². The van der Waals surface area contributed by atoms with E-state index in [1.54, 1.807) is 30.3 Å². The van der Waals surface area contributed by atoms with Gasteiger partial charge in [-0.15, -0.1) is 0 Å². The Bertz CT molecular complexity index is 1220. The molecule has 0 aliphatic carbocycles. The summed E-state index contributed by atoms with van der Waals surface area (Å²) in [4.78, 5) is 45.6. The first-order valence-corrected chi connectivity index (χ1v) is 10.7. The van der Waals surface area contributed by atoms with Crippen LogP contribution in [0.2, 0.25) is 5.15 Å². The Morgan fingerprint density at radius 3 is 2.43 bits per heavy atom. The summed E-state index contributed by atoms with van der Waals surface area (Å²) in [6, 6.07) is 10.9. The van der Waals surface area contributed by atoms with E-state index in [1.807, 2.05) is 0 Å². The number of esters is 1. The summed E-state index contributed by atoms with van der Waals surface area (Å²) < 4.78 is 30.8. The van der Waals surface area contributed by atoms with Gasteiger partial charge in [0, 0.05) is 18.7 Å². The zero-order valence-corrected chi connectivity index (χ0v) is 19.6. The number of amides is 2. The van der Waals surface area contributed by atoms with Gasteiger partial charge in [-0.3, -0.25) is 14.6 Å². The maximum atomic E-state index is 13.0. The van der Waals surface area contributed by atoms with E-state index in [4.69, 9.17) is 16.3 Å². The maximum absolute atomic E-state index is 13.0. The van der Waals surface area contributed by atoms with Crippen molar-refractivity contribution < 1.29 is 27.9 Å². The molecule has 0 saturated heterocycles. The molecule has 3 rings (SSSR count). The van der Waals surface area contributed by atoms with Gasteiger partial charge in [-0.2, -0.15) is 0 Å². The molecule has 2 heterocycles. The van der Waals surface area contributed by atoms with E-state index in [2.05, 4.69) is 15.3 Å². The highest BCUT2D eigenvalue weighted by atomic mass is 35.5. The number of nitrogens with one attached hydrogen (secondary N) is 1. The van der Waals surface area contributed by atoms with E-state index in [1.165, 1.54) is 24.5 Å². The second kappa shape index (κ2) is 11.5. The van der Waals surface area contributed by atoms with Crippen molar-refractivity contribution in [1.82, 2.24) is 9.97 Å². The monoisotopic (exact) mass is 502 g/mol. The topological polar surface area (TPSA) is 101 Å². The Kier molecular flexibility index (Phi) is 8.43. The van der Waals surface area contributed by atoms with E-state index in [0.717, 1.165) is 18.9 Å². The quantitative estimate of drug-likeness (QED) is 0.362. The highest BCUT2D eigenvalue weighted by Gasteiger charge is 2.23. The van der Waals surface area contributed by atoms with E-state index in [9.17, 15) is 23.2 Å². The number of nitrogens with zero attached hydrogens (tertiary/aromatic N) is 3. The molecule has 3 aromatic rings. The fraction of sp³-hybridized carbons (Fsp3) is 0.208. The van der Waals surface area contributed by atoms with Crippen molar-refractivity contribution in [3.8, 4) is 11.3 Å². The Labute approximate surface area is 204 Å². The molecule has 0 aliphatic heterocycles. The molecule has 1 aromatic carbocycles. The van der Waals surface area contributed by atoms with Gasteiger partial charge in [-0.05, 0) is 35.9 Å². The summed E-state index contributed by atoms with van der Waals surface area (Å²) >= 11 is 5.74. The predicted molar refractivity (Wildman–Crippen MR) is 127 cm³/mol. The zero-order chi connectivity index (χ0) is 25.5. The summed E-state index contributed by atoms with van der Waals surface area (Å²) in [5, 5.41) is 3.06. The van der Waals surface area contributed by atoms with E-state index in [0.29, 0.717) is 27.7 Å². The number of carbonyl (C=O) groups excluding carboxylic acids is 3. The van der Waals surface area contributed by atoms with Crippen LogP contribution in [0.4, 0.5) is 20.2 Å². The molecule has 0 radical (unpaired) electrons. The van der Waals surface area contributed by atoms with Gasteiger partial charge in [0.1, 0.15) is 5.15 Å². The lowest BCUT2D eigenvalue weighted by Crippen LogP contribution is -2.34. The number of aromatic nitrogens is 2. The number of alkyl halides is 2. The van der Waals surface area contributed by atoms with Crippen LogP contribution in [0.1, 0.15) is 22.8 Å². The summed E-state index contributed by atoms with van der Waals surface area (Å²) in [5.74, 6) is -1.71. The number of hydrogen-bond acceptors (Lipinski definition) is 6. The molecular weight excluding hydrogens is 482 g/mol. The van der Waals surface area contributed by atoms with Crippen LogP contribution < -0.4 is 10.2 Å². The highest BCUT2D eigenvalue weighted by molar-refractivity contribution is 6.29. The van der Waals surface area contributed by atoms with E-state index in [-0.39, 0.29) is 23.6 Å². The van der Waals surface area contributed by atoms with Crippen molar-refractivity contribution in [3.63, 3.8) is 0 Å². The molecule has 1 N–H and O–H groups in total. The smallest absolute Gasteiger partial charge is 0.340 e. The number of halogens is 3.